The molecule has 0 spiro atoms. The third kappa shape index (κ3) is 7.55. The fraction of sp³-hybridized carbons (Fsp3) is 0.462. The minimum absolute atomic E-state index is 0.0614. The molecular weight excluding hydrogens is 575 g/mol. The molecule has 41 heavy (non-hydrogen) atoms. The van der Waals surface area contributed by atoms with Gasteiger partial charge in [0.05, 0.1) is 40.6 Å². The van der Waals surface area contributed by atoms with Crippen LogP contribution in [-0.2, 0) is 39.4 Å². The molecule has 2 atom stereocenters. The minimum atomic E-state index is -5.14. The Morgan fingerprint density at radius 2 is 1.51 bits per heavy atom. The molecule has 226 valence electrons. The standard InChI is InChI=1S/C26H25F9N2O4/c1-4-19-11-22(36(13-38)12-15-7-17(25(30,31)32)9-18(8-15)26(33,34)35)20-10-16(24(27,28)29)5-6-21(20)37(19)41-23(39)40-14(2)3/h5-10,13-14,19,22H,4,11-12H2,1-3H3/t19-,22+/m1/s1. The maximum Gasteiger partial charge on any atom is 0.533 e. The van der Waals surface area contributed by atoms with Crippen LogP contribution >= 0.6 is 0 Å². The van der Waals surface area contributed by atoms with Crippen LogP contribution in [0.1, 0.15) is 67.5 Å². The van der Waals surface area contributed by atoms with Crippen LogP contribution in [0, 0.1) is 0 Å². The van der Waals surface area contributed by atoms with E-state index >= 15 is 0 Å². The Kier molecular flexibility index (Phi) is 9.08. The third-order valence-electron chi connectivity index (χ3n) is 6.30. The van der Waals surface area contributed by atoms with E-state index in [2.05, 4.69) is 0 Å². The lowest BCUT2D eigenvalue weighted by atomic mass is 9.88. The molecule has 2 aromatic rings. The molecule has 0 saturated heterocycles. The van der Waals surface area contributed by atoms with Crippen LogP contribution in [-0.4, -0.2) is 29.6 Å². The van der Waals surface area contributed by atoms with Crippen molar-refractivity contribution in [2.75, 3.05) is 5.06 Å². The van der Waals surface area contributed by atoms with Crippen molar-refractivity contribution in [1.29, 1.82) is 0 Å². The van der Waals surface area contributed by atoms with E-state index in [0.717, 1.165) is 16.0 Å². The Labute approximate surface area is 228 Å². The number of ether oxygens (including phenoxy) is 1. The van der Waals surface area contributed by atoms with Crippen molar-refractivity contribution < 1.29 is 58.7 Å². The van der Waals surface area contributed by atoms with Gasteiger partial charge < -0.3 is 14.5 Å². The van der Waals surface area contributed by atoms with E-state index < -0.39 is 71.7 Å². The highest BCUT2D eigenvalue weighted by molar-refractivity contribution is 5.66. The van der Waals surface area contributed by atoms with Gasteiger partial charge in [-0.1, -0.05) is 6.92 Å². The summed E-state index contributed by atoms with van der Waals surface area (Å²) in [4.78, 5) is 30.5. The monoisotopic (exact) mass is 600 g/mol. The zero-order valence-corrected chi connectivity index (χ0v) is 21.8. The lowest BCUT2D eigenvalue weighted by molar-refractivity contribution is -0.143. The summed E-state index contributed by atoms with van der Waals surface area (Å²) in [7, 11) is 0. The summed E-state index contributed by atoms with van der Waals surface area (Å²) >= 11 is 0. The number of amides is 1. The third-order valence-corrected chi connectivity index (χ3v) is 6.30. The van der Waals surface area contributed by atoms with Crippen molar-refractivity contribution in [3.05, 3.63) is 64.2 Å². The van der Waals surface area contributed by atoms with Gasteiger partial charge in [-0.3, -0.25) is 4.79 Å². The molecule has 1 heterocycles. The molecular formula is C26H25F9N2O4. The molecule has 0 fully saturated rings. The van der Waals surface area contributed by atoms with Crippen LogP contribution in [0.5, 0.6) is 0 Å². The summed E-state index contributed by atoms with van der Waals surface area (Å²) in [5, 5.41) is 1.03. The predicted octanol–water partition coefficient (Wildman–Crippen LogP) is 7.91. The van der Waals surface area contributed by atoms with Crippen LogP contribution in [0.3, 0.4) is 0 Å². The number of carbonyl (C=O) groups excluding carboxylic acids is 2. The van der Waals surface area contributed by atoms with Gasteiger partial charge in [0.15, 0.2) is 0 Å². The first-order valence-corrected chi connectivity index (χ1v) is 12.2. The molecule has 0 radical (unpaired) electrons. The molecule has 3 rings (SSSR count). The van der Waals surface area contributed by atoms with Crippen molar-refractivity contribution in [2.24, 2.45) is 0 Å². The summed E-state index contributed by atoms with van der Waals surface area (Å²) in [6.45, 7) is 3.93. The van der Waals surface area contributed by atoms with E-state index in [1.165, 1.54) is 13.8 Å². The van der Waals surface area contributed by atoms with E-state index in [4.69, 9.17) is 9.57 Å². The Balaban J connectivity index is 2.11. The van der Waals surface area contributed by atoms with Gasteiger partial charge in [-0.25, -0.2) is 4.79 Å². The van der Waals surface area contributed by atoms with E-state index in [0.29, 0.717) is 24.3 Å². The summed E-state index contributed by atoms with van der Waals surface area (Å²) in [6.07, 6.45) is -16.7. The Hall–Kier alpha value is -3.65. The predicted molar refractivity (Wildman–Crippen MR) is 126 cm³/mol. The fourth-order valence-corrected chi connectivity index (χ4v) is 4.48. The normalized spacial score (nSPS) is 17.7. The zero-order valence-electron chi connectivity index (χ0n) is 21.8. The van der Waals surface area contributed by atoms with Crippen molar-refractivity contribution >= 4 is 18.3 Å². The largest absolute Gasteiger partial charge is 0.533 e. The van der Waals surface area contributed by atoms with Gasteiger partial charge in [0.2, 0.25) is 6.41 Å². The lowest BCUT2D eigenvalue weighted by Crippen LogP contribution is -2.45. The van der Waals surface area contributed by atoms with Gasteiger partial charge in [-0.15, -0.1) is 0 Å². The first kappa shape index (κ1) is 31.9. The van der Waals surface area contributed by atoms with Gasteiger partial charge in [-0.05, 0) is 68.7 Å². The Morgan fingerprint density at radius 1 is 0.951 bits per heavy atom. The molecule has 0 aliphatic carbocycles. The van der Waals surface area contributed by atoms with E-state index in [9.17, 15) is 49.1 Å². The van der Waals surface area contributed by atoms with Crippen molar-refractivity contribution in [3.8, 4) is 0 Å². The van der Waals surface area contributed by atoms with Gasteiger partial charge in [-0.2, -0.15) is 44.6 Å². The molecule has 0 N–H and O–H groups in total. The van der Waals surface area contributed by atoms with Gasteiger partial charge in [0.1, 0.15) is 0 Å². The summed E-state index contributed by atoms with van der Waals surface area (Å²) in [5.41, 5.74) is -5.13. The summed E-state index contributed by atoms with van der Waals surface area (Å²) in [5.74, 6) is 0. The fourth-order valence-electron chi connectivity index (χ4n) is 4.48. The highest BCUT2D eigenvalue weighted by Crippen LogP contribution is 2.45. The Bertz CT molecular complexity index is 1230. The molecule has 15 heteroatoms. The van der Waals surface area contributed by atoms with Crippen molar-refractivity contribution in [3.63, 3.8) is 0 Å². The number of halogens is 9. The van der Waals surface area contributed by atoms with Gasteiger partial charge in [0.25, 0.3) is 0 Å². The SMILES string of the molecule is CC[C@@H]1C[C@H](N(C=O)Cc2cc(C(F)(F)F)cc(C(F)(F)F)c2)c2cc(C(F)(F)F)ccc2N1OC(=O)OC(C)C. The van der Waals surface area contributed by atoms with Crippen LogP contribution < -0.4 is 5.06 Å². The molecule has 1 aliphatic heterocycles. The molecule has 1 amide bonds. The average Bonchev–Trinajstić information content (AvgIpc) is 2.85. The minimum Gasteiger partial charge on any atom is -0.430 e. The second-order valence-corrected chi connectivity index (χ2v) is 9.61. The van der Waals surface area contributed by atoms with Crippen molar-refractivity contribution in [2.45, 2.75) is 76.9 Å². The number of nitrogens with zero attached hydrogens (tertiary/aromatic N) is 2. The average molecular weight is 600 g/mol. The number of hydrogen-bond donors (Lipinski definition) is 0. The quantitative estimate of drug-likeness (QED) is 0.184. The number of benzene rings is 2. The number of alkyl halides is 9. The molecule has 6 nitrogen and oxygen atoms in total. The molecule has 0 aromatic heterocycles. The second kappa shape index (κ2) is 11.7. The van der Waals surface area contributed by atoms with E-state index in [1.54, 1.807) is 6.92 Å². The summed E-state index contributed by atoms with van der Waals surface area (Å²) < 4.78 is 126. The number of anilines is 1. The first-order chi connectivity index (χ1) is 18.8. The molecule has 2 aromatic carbocycles. The van der Waals surface area contributed by atoms with E-state index in [1.807, 2.05) is 0 Å². The van der Waals surface area contributed by atoms with Crippen LogP contribution in [0.25, 0.3) is 0 Å². The number of carbonyl (C=O) groups is 2. The zero-order chi connectivity index (χ0) is 30.9. The number of hydrogen-bond acceptors (Lipinski definition) is 5. The highest BCUT2D eigenvalue weighted by Gasteiger charge is 2.41. The van der Waals surface area contributed by atoms with Gasteiger partial charge >= 0.3 is 24.7 Å². The maximum absolute atomic E-state index is 13.6. The smallest absolute Gasteiger partial charge is 0.430 e. The second-order valence-electron chi connectivity index (χ2n) is 9.61. The van der Waals surface area contributed by atoms with Crippen molar-refractivity contribution in [1.82, 2.24) is 4.90 Å². The number of fused-ring (bicyclic) bond motifs is 1. The maximum atomic E-state index is 13.6. The number of rotatable bonds is 7. The van der Waals surface area contributed by atoms with Gasteiger partial charge in [0, 0.05) is 12.1 Å². The number of hydroxylamine groups is 1. The van der Waals surface area contributed by atoms with Crippen LogP contribution in [0.2, 0.25) is 0 Å². The molecule has 0 bridgehead atoms. The Morgan fingerprint density at radius 3 is 1.98 bits per heavy atom. The molecule has 0 unspecified atom stereocenters. The molecule has 1 aliphatic rings. The summed E-state index contributed by atoms with van der Waals surface area (Å²) in [6, 6.07) is 1.24. The topological polar surface area (TPSA) is 59.1 Å². The lowest BCUT2D eigenvalue weighted by Gasteiger charge is -2.43. The highest BCUT2D eigenvalue weighted by atomic mass is 19.4. The van der Waals surface area contributed by atoms with E-state index in [-0.39, 0.29) is 36.6 Å². The van der Waals surface area contributed by atoms with Crippen LogP contribution in [0.15, 0.2) is 36.4 Å². The van der Waals surface area contributed by atoms with Crippen LogP contribution in [0.4, 0.5) is 50.0 Å². The first-order valence-electron chi connectivity index (χ1n) is 12.2. The molecule has 0 saturated carbocycles.